The van der Waals surface area contributed by atoms with Gasteiger partial charge < -0.3 is 15.1 Å². The summed E-state index contributed by atoms with van der Waals surface area (Å²) in [5.74, 6) is -0.979. The Hall–Kier alpha value is -3.49. The van der Waals surface area contributed by atoms with Crippen LogP contribution in [-0.4, -0.2) is 54.9 Å². The fourth-order valence-corrected chi connectivity index (χ4v) is 3.34. The number of benzene rings is 2. The van der Waals surface area contributed by atoms with E-state index < -0.39 is 16.6 Å². The minimum atomic E-state index is -0.546. The first-order valence-corrected chi connectivity index (χ1v) is 9.17. The lowest BCUT2D eigenvalue weighted by molar-refractivity contribution is -0.384. The summed E-state index contributed by atoms with van der Waals surface area (Å²) in [6.07, 6.45) is -0.00625. The Balaban J connectivity index is 1.70. The number of nitro benzene ring substituents is 1. The van der Waals surface area contributed by atoms with Crippen molar-refractivity contribution in [2.24, 2.45) is 0 Å². The van der Waals surface area contributed by atoms with E-state index in [4.69, 9.17) is 0 Å². The van der Waals surface area contributed by atoms with E-state index in [2.05, 4.69) is 5.32 Å². The quantitative estimate of drug-likeness (QED) is 0.612. The highest BCUT2D eigenvalue weighted by atomic mass is 19.1. The van der Waals surface area contributed by atoms with Crippen molar-refractivity contribution in [3.05, 3.63) is 69.5 Å². The van der Waals surface area contributed by atoms with Crippen LogP contribution < -0.4 is 10.2 Å². The fraction of sp³-hybridized carbons (Fsp3) is 0.300. The van der Waals surface area contributed by atoms with Gasteiger partial charge in [0.2, 0.25) is 5.91 Å². The average molecular weight is 400 g/mol. The van der Waals surface area contributed by atoms with Crippen molar-refractivity contribution in [1.29, 1.82) is 0 Å². The van der Waals surface area contributed by atoms with Crippen molar-refractivity contribution < 1.29 is 18.9 Å². The van der Waals surface area contributed by atoms with Crippen molar-refractivity contribution in [3.8, 4) is 0 Å². The molecule has 1 aliphatic heterocycles. The summed E-state index contributed by atoms with van der Waals surface area (Å²) in [4.78, 5) is 38.8. The van der Waals surface area contributed by atoms with Gasteiger partial charge >= 0.3 is 0 Å². The first-order valence-electron chi connectivity index (χ1n) is 9.17. The molecule has 0 atom stereocenters. The van der Waals surface area contributed by atoms with Crippen LogP contribution in [0.3, 0.4) is 0 Å². The molecule has 1 fully saturated rings. The Kier molecular flexibility index (Phi) is 6.06. The number of hydrogen-bond acceptors (Lipinski definition) is 5. The zero-order valence-electron chi connectivity index (χ0n) is 15.9. The lowest BCUT2D eigenvalue weighted by atomic mass is 10.1. The maximum atomic E-state index is 13.8. The summed E-state index contributed by atoms with van der Waals surface area (Å²) in [5.41, 5.74) is 0.993. The van der Waals surface area contributed by atoms with Crippen LogP contribution in [0.1, 0.15) is 15.9 Å². The fourth-order valence-electron chi connectivity index (χ4n) is 3.34. The molecule has 2 aromatic rings. The zero-order chi connectivity index (χ0) is 21.0. The standard InChI is InChI=1S/C20H21FN4O4/c1-22-20(27)16-13-15(25(28)29)6-7-18(16)23-8-10-24(11-9-23)19(26)12-14-4-2-3-5-17(14)21/h2-7,13H,8-12H2,1H3,(H,22,27). The van der Waals surface area contributed by atoms with Crippen LogP contribution in [0.2, 0.25) is 0 Å². The molecule has 8 nitrogen and oxygen atoms in total. The normalized spacial score (nSPS) is 13.9. The van der Waals surface area contributed by atoms with E-state index in [-0.39, 0.29) is 23.6 Å². The van der Waals surface area contributed by atoms with Crippen molar-refractivity contribution >= 4 is 23.2 Å². The lowest BCUT2D eigenvalue weighted by Gasteiger charge is -2.36. The molecule has 29 heavy (non-hydrogen) atoms. The van der Waals surface area contributed by atoms with Crippen LogP contribution in [-0.2, 0) is 11.2 Å². The second kappa shape index (κ2) is 8.68. The topological polar surface area (TPSA) is 95.8 Å². The molecule has 0 unspecified atom stereocenters. The number of nitrogens with one attached hydrogen (secondary N) is 1. The van der Waals surface area contributed by atoms with Gasteiger partial charge in [-0.25, -0.2) is 4.39 Å². The molecule has 0 aromatic heterocycles. The molecule has 3 rings (SSSR count). The maximum absolute atomic E-state index is 13.8. The van der Waals surface area contributed by atoms with Gasteiger partial charge in [-0.05, 0) is 17.7 Å². The van der Waals surface area contributed by atoms with Crippen LogP contribution in [0.4, 0.5) is 15.8 Å². The van der Waals surface area contributed by atoms with Gasteiger partial charge in [-0.3, -0.25) is 19.7 Å². The van der Waals surface area contributed by atoms with Gasteiger partial charge in [-0.1, -0.05) is 18.2 Å². The highest BCUT2D eigenvalue weighted by molar-refractivity contribution is 6.00. The Morgan fingerprint density at radius 1 is 1.14 bits per heavy atom. The number of carbonyl (C=O) groups is 2. The van der Waals surface area contributed by atoms with Crippen molar-refractivity contribution in [2.45, 2.75) is 6.42 Å². The molecule has 9 heteroatoms. The third-order valence-corrected chi connectivity index (χ3v) is 4.94. The molecule has 1 saturated heterocycles. The average Bonchev–Trinajstić information content (AvgIpc) is 2.74. The zero-order valence-corrected chi connectivity index (χ0v) is 15.9. The molecule has 1 aliphatic rings. The minimum Gasteiger partial charge on any atom is -0.367 e. The maximum Gasteiger partial charge on any atom is 0.270 e. The number of non-ortho nitro benzene ring substituents is 1. The van der Waals surface area contributed by atoms with Crippen LogP contribution in [0.5, 0.6) is 0 Å². The van der Waals surface area contributed by atoms with Gasteiger partial charge in [0, 0.05) is 45.4 Å². The molecule has 0 spiro atoms. The number of nitro groups is 1. The molecule has 152 valence electrons. The van der Waals surface area contributed by atoms with E-state index in [9.17, 15) is 24.1 Å². The summed E-state index contributed by atoms with van der Waals surface area (Å²) < 4.78 is 13.8. The van der Waals surface area contributed by atoms with Crippen molar-refractivity contribution in [3.63, 3.8) is 0 Å². The Bertz CT molecular complexity index is 942. The third-order valence-electron chi connectivity index (χ3n) is 4.94. The predicted molar refractivity (Wildman–Crippen MR) is 105 cm³/mol. The number of anilines is 1. The Morgan fingerprint density at radius 3 is 2.45 bits per heavy atom. The summed E-state index contributed by atoms with van der Waals surface area (Å²) in [7, 11) is 1.46. The summed E-state index contributed by atoms with van der Waals surface area (Å²) in [5, 5.41) is 13.5. The SMILES string of the molecule is CNC(=O)c1cc([N+](=O)[O-])ccc1N1CCN(C(=O)Cc2ccccc2F)CC1. The highest BCUT2D eigenvalue weighted by Crippen LogP contribution is 2.26. The molecule has 2 aromatic carbocycles. The number of piperazine rings is 1. The van der Waals surface area contributed by atoms with Crippen LogP contribution in [0, 0.1) is 15.9 Å². The third kappa shape index (κ3) is 4.50. The van der Waals surface area contributed by atoms with Gasteiger partial charge in [0.1, 0.15) is 5.82 Å². The molecule has 1 heterocycles. The molecule has 0 bridgehead atoms. The summed E-state index contributed by atoms with van der Waals surface area (Å²) in [6.45, 7) is 1.75. The van der Waals surface area contributed by atoms with Crippen LogP contribution >= 0.6 is 0 Å². The first-order chi connectivity index (χ1) is 13.9. The Morgan fingerprint density at radius 2 is 1.83 bits per heavy atom. The summed E-state index contributed by atoms with van der Waals surface area (Å²) in [6, 6.07) is 10.4. The van der Waals surface area contributed by atoms with E-state index in [1.165, 1.54) is 25.2 Å². The second-order valence-electron chi connectivity index (χ2n) is 6.67. The molecule has 0 saturated carbocycles. The molecule has 1 N–H and O–H groups in total. The second-order valence-corrected chi connectivity index (χ2v) is 6.67. The van der Waals surface area contributed by atoms with Gasteiger partial charge in [0.25, 0.3) is 11.6 Å². The monoisotopic (exact) mass is 400 g/mol. The molecule has 0 aliphatic carbocycles. The molecule has 0 radical (unpaired) electrons. The number of amides is 2. The van der Waals surface area contributed by atoms with E-state index >= 15 is 0 Å². The van der Waals surface area contributed by atoms with Crippen LogP contribution in [0.25, 0.3) is 0 Å². The van der Waals surface area contributed by atoms with Crippen LogP contribution in [0.15, 0.2) is 42.5 Å². The molecular formula is C20H21FN4O4. The van der Waals surface area contributed by atoms with E-state index in [0.29, 0.717) is 37.4 Å². The minimum absolute atomic E-state index is 0.00625. The van der Waals surface area contributed by atoms with Gasteiger partial charge in [0.15, 0.2) is 0 Å². The van der Waals surface area contributed by atoms with E-state index in [0.717, 1.165) is 0 Å². The first kappa shape index (κ1) is 20.2. The molecule has 2 amide bonds. The smallest absolute Gasteiger partial charge is 0.270 e. The number of rotatable bonds is 5. The highest BCUT2D eigenvalue weighted by Gasteiger charge is 2.25. The summed E-state index contributed by atoms with van der Waals surface area (Å²) >= 11 is 0. The largest absolute Gasteiger partial charge is 0.367 e. The van der Waals surface area contributed by atoms with Gasteiger partial charge in [0.05, 0.1) is 22.6 Å². The van der Waals surface area contributed by atoms with Crippen molar-refractivity contribution in [1.82, 2.24) is 10.2 Å². The lowest BCUT2D eigenvalue weighted by Crippen LogP contribution is -2.49. The Labute approximate surface area is 167 Å². The molecular weight excluding hydrogens is 379 g/mol. The van der Waals surface area contributed by atoms with E-state index in [1.807, 2.05) is 4.90 Å². The van der Waals surface area contributed by atoms with Gasteiger partial charge in [-0.2, -0.15) is 0 Å². The number of carbonyl (C=O) groups excluding carboxylic acids is 2. The number of nitrogens with zero attached hydrogens (tertiary/aromatic N) is 3. The number of hydrogen-bond donors (Lipinski definition) is 1. The predicted octanol–water partition coefficient (Wildman–Crippen LogP) is 1.98. The number of halogens is 1. The van der Waals surface area contributed by atoms with Gasteiger partial charge in [-0.15, -0.1) is 0 Å². The van der Waals surface area contributed by atoms with E-state index in [1.54, 1.807) is 29.2 Å². The van der Waals surface area contributed by atoms with Crippen molar-refractivity contribution in [2.75, 3.05) is 38.1 Å².